The Morgan fingerprint density at radius 3 is 2.87 bits per heavy atom. The van der Waals surface area contributed by atoms with Gasteiger partial charge in [0.2, 0.25) is 5.91 Å². The minimum Gasteiger partial charge on any atom is -0.377 e. The molecule has 1 heterocycles. The molecule has 1 fully saturated rings. The summed E-state index contributed by atoms with van der Waals surface area (Å²) in [5.41, 5.74) is 5.93. The number of nitrogens with two attached hydrogens (primary N) is 1. The average molecular weight is 214 g/mol. The van der Waals surface area contributed by atoms with E-state index in [-0.39, 0.29) is 23.9 Å². The molecule has 1 aliphatic heterocycles. The largest absolute Gasteiger partial charge is 0.377 e. The topological polar surface area (TPSA) is 55.6 Å². The summed E-state index contributed by atoms with van der Waals surface area (Å²) in [6, 6.07) is -0.211. The van der Waals surface area contributed by atoms with Gasteiger partial charge in [-0.2, -0.15) is 0 Å². The molecular weight excluding hydrogens is 192 g/mol. The molecule has 1 aliphatic rings. The van der Waals surface area contributed by atoms with Crippen molar-refractivity contribution >= 4 is 5.91 Å². The number of hydrogen-bond donors (Lipinski definition) is 1. The van der Waals surface area contributed by atoms with Crippen LogP contribution in [0.1, 0.15) is 27.2 Å². The zero-order valence-corrected chi connectivity index (χ0v) is 9.90. The predicted octanol–water partition coefficient (Wildman–Crippen LogP) is 0.607. The van der Waals surface area contributed by atoms with Gasteiger partial charge in [-0.1, -0.05) is 20.3 Å². The molecule has 4 nitrogen and oxygen atoms in total. The van der Waals surface area contributed by atoms with E-state index in [0.717, 1.165) is 6.42 Å². The maximum atomic E-state index is 12.1. The zero-order valence-electron chi connectivity index (χ0n) is 9.90. The van der Waals surface area contributed by atoms with Crippen LogP contribution in [0.25, 0.3) is 0 Å². The number of hydrogen-bond acceptors (Lipinski definition) is 3. The summed E-state index contributed by atoms with van der Waals surface area (Å²) in [5, 5.41) is 0. The second-order valence-electron chi connectivity index (χ2n) is 4.37. The van der Waals surface area contributed by atoms with E-state index in [9.17, 15) is 4.79 Å². The fourth-order valence-corrected chi connectivity index (χ4v) is 1.74. The molecule has 0 spiro atoms. The van der Waals surface area contributed by atoms with Crippen LogP contribution in [0.4, 0.5) is 0 Å². The maximum absolute atomic E-state index is 12.1. The number of amides is 1. The van der Waals surface area contributed by atoms with E-state index < -0.39 is 0 Å². The summed E-state index contributed by atoms with van der Waals surface area (Å²) >= 11 is 0. The lowest BCUT2D eigenvalue weighted by molar-refractivity contribution is -0.141. The van der Waals surface area contributed by atoms with Gasteiger partial charge >= 0.3 is 0 Å². The maximum Gasteiger partial charge on any atom is 0.240 e. The molecule has 15 heavy (non-hydrogen) atoms. The van der Waals surface area contributed by atoms with Crippen molar-refractivity contribution < 1.29 is 9.53 Å². The Balaban J connectivity index is 2.57. The van der Waals surface area contributed by atoms with Crippen molar-refractivity contribution in [2.75, 3.05) is 19.8 Å². The van der Waals surface area contributed by atoms with Crippen LogP contribution in [0.3, 0.4) is 0 Å². The van der Waals surface area contributed by atoms with Gasteiger partial charge in [0, 0.05) is 6.54 Å². The molecule has 0 aromatic rings. The van der Waals surface area contributed by atoms with E-state index >= 15 is 0 Å². The third kappa shape index (κ3) is 2.92. The molecule has 1 saturated heterocycles. The molecule has 0 aromatic carbocycles. The monoisotopic (exact) mass is 214 g/mol. The number of morpholine rings is 1. The van der Waals surface area contributed by atoms with Gasteiger partial charge in [-0.3, -0.25) is 4.79 Å². The first-order valence-electron chi connectivity index (χ1n) is 5.71. The van der Waals surface area contributed by atoms with Crippen molar-refractivity contribution in [3.8, 4) is 0 Å². The van der Waals surface area contributed by atoms with Crippen molar-refractivity contribution in [2.45, 2.75) is 39.3 Å². The molecule has 0 aromatic heterocycles. The number of rotatable bonds is 3. The minimum absolute atomic E-state index is 0.0696. The summed E-state index contributed by atoms with van der Waals surface area (Å²) in [6.45, 7) is 8.00. The molecule has 2 unspecified atom stereocenters. The van der Waals surface area contributed by atoms with Crippen molar-refractivity contribution in [3.05, 3.63) is 0 Å². The van der Waals surface area contributed by atoms with Crippen LogP contribution in [0, 0.1) is 5.92 Å². The zero-order chi connectivity index (χ0) is 11.4. The van der Waals surface area contributed by atoms with Gasteiger partial charge in [0.05, 0.1) is 25.3 Å². The lowest BCUT2D eigenvalue weighted by atomic mass is 9.98. The van der Waals surface area contributed by atoms with Crippen molar-refractivity contribution in [3.63, 3.8) is 0 Å². The van der Waals surface area contributed by atoms with E-state index in [4.69, 9.17) is 10.5 Å². The van der Waals surface area contributed by atoms with E-state index in [1.807, 2.05) is 18.7 Å². The third-order valence-electron chi connectivity index (χ3n) is 3.19. The number of carbonyl (C=O) groups excluding carboxylic acids is 1. The molecule has 0 aliphatic carbocycles. The summed E-state index contributed by atoms with van der Waals surface area (Å²) in [6.07, 6.45) is 0.936. The number of nitrogens with zero attached hydrogens (tertiary/aromatic N) is 1. The third-order valence-corrected chi connectivity index (χ3v) is 3.19. The summed E-state index contributed by atoms with van der Waals surface area (Å²) < 4.78 is 5.29. The smallest absolute Gasteiger partial charge is 0.240 e. The lowest BCUT2D eigenvalue weighted by Gasteiger charge is -2.36. The van der Waals surface area contributed by atoms with Gasteiger partial charge in [0.15, 0.2) is 0 Å². The summed E-state index contributed by atoms with van der Waals surface area (Å²) in [4.78, 5) is 13.9. The molecule has 0 radical (unpaired) electrons. The van der Waals surface area contributed by atoms with Crippen LogP contribution < -0.4 is 5.73 Å². The average Bonchev–Trinajstić information content (AvgIpc) is 2.26. The molecule has 0 bridgehead atoms. The van der Waals surface area contributed by atoms with Crippen molar-refractivity contribution in [1.29, 1.82) is 0 Å². The molecule has 1 amide bonds. The fraction of sp³-hybridized carbons (Fsp3) is 0.909. The lowest BCUT2D eigenvalue weighted by Crippen LogP contribution is -2.54. The number of carbonyl (C=O) groups is 1. The highest BCUT2D eigenvalue weighted by Crippen LogP contribution is 2.13. The van der Waals surface area contributed by atoms with Crippen LogP contribution in [0.15, 0.2) is 0 Å². The normalized spacial score (nSPS) is 26.1. The van der Waals surface area contributed by atoms with Gasteiger partial charge in [-0.05, 0) is 12.8 Å². The first-order chi connectivity index (χ1) is 7.07. The van der Waals surface area contributed by atoms with E-state index in [1.165, 1.54) is 0 Å². The van der Waals surface area contributed by atoms with Crippen LogP contribution in [-0.2, 0) is 9.53 Å². The highest BCUT2D eigenvalue weighted by molar-refractivity contribution is 5.82. The van der Waals surface area contributed by atoms with E-state index in [2.05, 4.69) is 6.92 Å². The standard InChI is InChI=1S/C11H22N2O2/c1-4-8(2)10(12)11(14)13-5-6-15-7-9(13)3/h8-10H,4-7,12H2,1-3H3/t8?,9-,10?/m1/s1. The molecular formula is C11H22N2O2. The molecule has 88 valence electrons. The van der Waals surface area contributed by atoms with Crippen LogP contribution in [-0.4, -0.2) is 42.6 Å². The first-order valence-corrected chi connectivity index (χ1v) is 5.71. The Morgan fingerprint density at radius 2 is 2.33 bits per heavy atom. The van der Waals surface area contributed by atoms with Crippen molar-refractivity contribution in [1.82, 2.24) is 4.90 Å². The van der Waals surface area contributed by atoms with E-state index in [1.54, 1.807) is 0 Å². The second kappa shape index (κ2) is 5.47. The molecule has 2 N–H and O–H groups in total. The molecule has 0 saturated carbocycles. The van der Waals surface area contributed by atoms with E-state index in [0.29, 0.717) is 19.8 Å². The van der Waals surface area contributed by atoms with Gasteiger partial charge in [0.25, 0.3) is 0 Å². The Kier molecular flexibility index (Phi) is 4.54. The Morgan fingerprint density at radius 1 is 1.67 bits per heavy atom. The number of ether oxygens (including phenoxy) is 1. The van der Waals surface area contributed by atoms with Gasteiger partial charge in [0.1, 0.15) is 0 Å². The van der Waals surface area contributed by atoms with Crippen LogP contribution in [0.5, 0.6) is 0 Å². The van der Waals surface area contributed by atoms with Crippen LogP contribution >= 0.6 is 0 Å². The highest BCUT2D eigenvalue weighted by atomic mass is 16.5. The Hall–Kier alpha value is -0.610. The Bertz CT molecular complexity index is 221. The molecule has 1 rings (SSSR count). The molecule has 3 atom stereocenters. The van der Waals surface area contributed by atoms with Gasteiger partial charge in [-0.25, -0.2) is 0 Å². The van der Waals surface area contributed by atoms with Gasteiger partial charge in [-0.15, -0.1) is 0 Å². The second-order valence-corrected chi connectivity index (χ2v) is 4.37. The molecule has 4 heteroatoms. The van der Waals surface area contributed by atoms with Crippen molar-refractivity contribution in [2.24, 2.45) is 11.7 Å². The summed E-state index contributed by atoms with van der Waals surface area (Å²) in [7, 11) is 0. The summed E-state index contributed by atoms with van der Waals surface area (Å²) in [5.74, 6) is 0.313. The van der Waals surface area contributed by atoms with Gasteiger partial charge < -0.3 is 15.4 Å². The van der Waals surface area contributed by atoms with Crippen LogP contribution in [0.2, 0.25) is 0 Å². The Labute approximate surface area is 91.8 Å². The SMILES string of the molecule is CCC(C)C(N)C(=O)N1CCOC[C@H]1C. The first kappa shape index (κ1) is 12.5. The fourth-order valence-electron chi connectivity index (χ4n) is 1.74. The predicted molar refractivity (Wildman–Crippen MR) is 59.4 cm³/mol. The quantitative estimate of drug-likeness (QED) is 0.749. The minimum atomic E-state index is -0.365. The highest BCUT2D eigenvalue weighted by Gasteiger charge is 2.29.